The zero-order chi connectivity index (χ0) is 14.8. The Bertz CT molecular complexity index is 633. The fraction of sp³-hybridized carbons (Fsp3) is 0.400. The Morgan fingerprint density at radius 3 is 2.67 bits per heavy atom. The maximum Gasteiger partial charge on any atom is 0.314 e. The number of rotatable bonds is 6. The van der Waals surface area contributed by atoms with E-state index in [9.17, 15) is 0 Å². The number of ether oxygens (including phenoxy) is 4. The van der Waals surface area contributed by atoms with Crippen LogP contribution in [0.1, 0.15) is 5.56 Å². The molecule has 1 aliphatic rings. The van der Waals surface area contributed by atoms with E-state index < -0.39 is 0 Å². The molecule has 1 fully saturated rings. The molecule has 21 heavy (non-hydrogen) atoms. The van der Waals surface area contributed by atoms with Crippen molar-refractivity contribution >= 4 is 0 Å². The molecule has 3 rings (SSSR count). The quantitative estimate of drug-likeness (QED) is 0.762. The second-order valence-electron chi connectivity index (χ2n) is 4.78. The highest BCUT2D eigenvalue weighted by Gasteiger charge is 2.25. The summed E-state index contributed by atoms with van der Waals surface area (Å²) in [6.07, 6.45) is 0.180. The third kappa shape index (κ3) is 2.80. The van der Waals surface area contributed by atoms with E-state index in [1.165, 1.54) is 0 Å². The minimum absolute atomic E-state index is 0.180. The molecule has 1 aliphatic heterocycles. The van der Waals surface area contributed by atoms with Crippen LogP contribution in [0.15, 0.2) is 22.7 Å². The molecule has 0 spiro atoms. The third-order valence-electron chi connectivity index (χ3n) is 3.34. The van der Waals surface area contributed by atoms with Gasteiger partial charge in [-0.15, -0.1) is 0 Å². The Kier molecular flexibility index (Phi) is 3.70. The summed E-state index contributed by atoms with van der Waals surface area (Å²) < 4.78 is 26.4. The molecule has 6 nitrogen and oxygen atoms in total. The van der Waals surface area contributed by atoms with Gasteiger partial charge in [0.1, 0.15) is 18.4 Å². The van der Waals surface area contributed by atoms with Crippen LogP contribution in [-0.2, 0) is 4.74 Å². The fourth-order valence-corrected chi connectivity index (χ4v) is 2.04. The molecule has 2 aromatic rings. The second kappa shape index (κ2) is 5.65. The van der Waals surface area contributed by atoms with Crippen molar-refractivity contribution in [2.24, 2.45) is 0 Å². The van der Waals surface area contributed by atoms with Gasteiger partial charge in [0.05, 0.1) is 26.4 Å². The van der Waals surface area contributed by atoms with E-state index in [0.29, 0.717) is 24.1 Å². The van der Waals surface area contributed by atoms with Crippen LogP contribution in [-0.4, -0.2) is 38.7 Å². The number of methoxy groups -OCH3 is 2. The normalized spacial score (nSPS) is 16.6. The van der Waals surface area contributed by atoms with Crippen LogP contribution < -0.4 is 14.2 Å². The number of benzene rings is 1. The molecule has 0 amide bonds. The van der Waals surface area contributed by atoms with Gasteiger partial charge in [-0.25, -0.2) is 0 Å². The summed E-state index contributed by atoms with van der Waals surface area (Å²) in [5, 5.41) is 4.08. The van der Waals surface area contributed by atoms with Crippen LogP contribution >= 0.6 is 0 Å². The van der Waals surface area contributed by atoms with E-state index in [4.69, 9.17) is 23.5 Å². The highest BCUT2D eigenvalue weighted by Crippen LogP contribution is 2.35. The van der Waals surface area contributed by atoms with E-state index in [1.54, 1.807) is 14.2 Å². The Balaban J connectivity index is 1.85. The average Bonchev–Trinajstić information content (AvgIpc) is 3.27. The van der Waals surface area contributed by atoms with Gasteiger partial charge in [0, 0.05) is 5.56 Å². The largest absolute Gasteiger partial charge is 0.493 e. The SMILES string of the molecule is COc1ccc(-c2noc(OCC3CO3)c2C)cc1OC. The molecule has 0 radical (unpaired) electrons. The van der Waals surface area contributed by atoms with Crippen LogP contribution in [0, 0.1) is 6.92 Å². The first-order valence-electron chi connectivity index (χ1n) is 6.66. The summed E-state index contributed by atoms with van der Waals surface area (Å²) in [5.41, 5.74) is 2.46. The van der Waals surface area contributed by atoms with Crippen LogP contribution in [0.3, 0.4) is 0 Å². The van der Waals surface area contributed by atoms with Crippen molar-refractivity contribution in [2.45, 2.75) is 13.0 Å². The van der Waals surface area contributed by atoms with Crippen molar-refractivity contribution < 1.29 is 23.5 Å². The second-order valence-corrected chi connectivity index (χ2v) is 4.78. The molecule has 1 aromatic heterocycles. The van der Waals surface area contributed by atoms with Gasteiger partial charge in [0.15, 0.2) is 11.5 Å². The number of aromatic nitrogens is 1. The summed E-state index contributed by atoms with van der Waals surface area (Å²) in [4.78, 5) is 0. The van der Waals surface area contributed by atoms with Gasteiger partial charge >= 0.3 is 5.95 Å². The smallest absolute Gasteiger partial charge is 0.314 e. The van der Waals surface area contributed by atoms with Gasteiger partial charge in [-0.1, -0.05) is 5.16 Å². The topological polar surface area (TPSA) is 66.3 Å². The monoisotopic (exact) mass is 291 g/mol. The molecule has 0 N–H and O–H groups in total. The predicted molar refractivity (Wildman–Crippen MR) is 75.0 cm³/mol. The molecular weight excluding hydrogens is 274 g/mol. The molecule has 2 heterocycles. The van der Waals surface area contributed by atoms with Crippen molar-refractivity contribution in [2.75, 3.05) is 27.4 Å². The van der Waals surface area contributed by atoms with E-state index in [2.05, 4.69) is 5.16 Å². The first-order valence-corrected chi connectivity index (χ1v) is 6.66. The van der Waals surface area contributed by atoms with Gasteiger partial charge in [-0.2, -0.15) is 0 Å². The van der Waals surface area contributed by atoms with Crippen molar-refractivity contribution in [1.29, 1.82) is 0 Å². The van der Waals surface area contributed by atoms with E-state index >= 15 is 0 Å². The molecule has 0 bridgehead atoms. The van der Waals surface area contributed by atoms with Crippen molar-refractivity contribution in [3.63, 3.8) is 0 Å². The lowest BCUT2D eigenvalue weighted by atomic mass is 10.1. The summed E-state index contributed by atoms with van der Waals surface area (Å²) in [7, 11) is 3.20. The summed E-state index contributed by atoms with van der Waals surface area (Å²) in [5.74, 6) is 1.74. The Labute approximate surface area is 122 Å². The number of nitrogens with zero attached hydrogens (tertiary/aromatic N) is 1. The average molecular weight is 291 g/mol. The Morgan fingerprint density at radius 1 is 1.24 bits per heavy atom. The maximum absolute atomic E-state index is 5.55. The van der Waals surface area contributed by atoms with Crippen LogP contribution in [0.25, 0.3) is 11.3 Å². The van der Waals surface area contributed by atoms with Crippen molar-refractivity contribution in [1.82, 2.24) is 5.16 Å². The van der Waals surface area contributed by atoms with Crippen LogP contribution in [0.4, 0.5) is 0 Å². The molecule has 112 valence electrons. The third-order valence-corrected chi connectivity index (χ3v) is 3.34. The Hall–Kier alpha value is -2.21. The molecule has 1 unspecified atom stereocenters. The highest BCUT2D eigenvalue weighted by molar-refractivity contribution is 5.67. The summed E-state index contributed by atoms with van der Waals surface area (Å²) >= 11 is 0. The highest BCUT2D eigenvalue weighted by atomic mass is 16.7. The lowest BCUT2D eigenvalue weighted by molar-refractivity contribution is 0.191. The maximum atomic E-state index is 5.55. The number of hydrogen-bond acceptors (Lipinski definition) is 6. The predicted octanol–water partition coefficient (Wildman–Crippen LogP) is 2.44. The summed E-state index contributed by atoms with van der Waals surface area (Å²) in [6.45, 7) is 3.14. The molecule has 1 atom stereocenters. The summed E-state index contributed by atoms with van der Waals surface area (Å²) in [6, 6.07) is 5.60. The van der Waals surface area contributed by atoms with E-state index in [1.807, 2.05) is 25.1 Å². The van der Waals surface area contributed by atoms with E-state index in [-0.39, 0.29) is 6.10 Å². The van der Waals surface area contributed by atoms with Gasteiger partial charge in [0.2, 0.25) is 0 Å². The minimum Gasteiger partial charge on any atom is -0.493 e. The van der Waals surface area contributed by atoms with E-state index in [0.717, 1.165) is 23.4 Å². The molecule has 0 saturated carbocycles. The number of epoxide rings is 1. The Morgan fingerprint density at radius 2 is 2.00 bits per heavy atom. The van der Waals surface area contributed by atoms with Crippen LogP contribution in [0.5, 0.6) is 17.4 Å². The lowest BCUT2D eigenvalue weighted by Gasteiger charge is -2.08. The molecule has 1 aromatic carbocycles. The number of hydrogen-bond donors (Lipinski definition) is 0. The van der Waals surface area contributed by atoms with Gasteiger partial charge in [-0.3, -0.25) is 0 Å². The van der Waals surface area contributed by atoms with Gasteiger partial charge in [0.25, 0.3) is 0 Å². The standard InChI is InChI=1S/C15H17NO5/c1-9-14(16-21-15(9)20-8-11-7-19-11)10-4-5-12(17-2)13(6-10)18-3/h4-6,11H,7-8H2,1-3H3. The molecule has 0 aliphatic carbocycles. The zero-order valence-electron chi connectivity index (χ0n) is 12.2. The fourth-order valence-electron chi connectivity index (χ4n) is 2.04. The first-order chi connectivity index (χ1) is 10.2. The van der Waals surface area contributed by atoms with Crippen molar-refractivity contribution in [3.8, 4) is 28.7 Å². The molecular formula is C15H17NO5. The first kappa shape index (κ1) is 13.8. The molecule has 1 saturated heterocycles. The van der Waals surface area contributed by atoms with Gasteiger partial charge in [-0.05, 0) is 25.1 Å². The van der Waals surface area contributed by atoms with Crippen LogP contribution in [0.2, 0.25) is 0 Å². The zero-order valence-corrected chi connectivity index (χ0v) is 12.2. The van der Waals surface area contributed by atoms with Crippen molar-refractivity contribution in [3.05, 3.63) is 23.8 Å². The van der Waals surface area contributed by atoms with Gasteiger partial charge < -0.3 is 23.5 Å². The minimum atomic E-state index is 0.180. The lowest BCUT2D eigenvalue weighted by Crippen LogP contribution is -2.04. The molecule has 6 heteroatoms.